The summed E-state index contributed by atoms with van der Waals surface area (Å²) in [5, 5.41) is 10.0. The number of piperidine rings is 1. The number of carbonyl (C=O) groups is 1. The predicted molar refractivity (Wildman–Crippen MR) is 77.7 cm³/mol. The van der Waals surface area contributed by atoms with Crippen molar-refractivity contribution in [1.29, 1.82) is 0 Å². The third kappa shape index (κ3) is 7.38. The van der Waals surface area contributed by atoms with Crippen LogP contribution < -0.4 is 0 Å². The average molecular weight is 323 g/mol. The molecule has 1 aliphatic heterocycles. The summed E-state index contributed by atoms with van der Waals surface area (Å²) in [5.74, 6) is -0.239. The predicted octanol–water partition coefficient (Wildman–Crippen LogP) is 0.928. The van der Waals surface area contributed by atoms with Gasteiger partial charge < -0.3 is 19.6 Å². The molecule has 0 amide bonds. The molecule has 1 rings (SSSR count). The zero-order valence-electron chi connectivity index (χ0n) is 12.5. The summed E-state index contributed by atoms with van der Waals surface area (Å²) in [5.41, 5.74) is 0. The molecule has 0 spiro atoms. The van der Waals surface area contributed by atoms with Crippen molar-refractivity contribution in [3.05, 3.63) is 0 Å². The highest BCUT2D eigenvalue weighted by Gasteiger charge is 2.28. The van der Waals surface area contributed by atoms with Gasteiger partial charge in [0, 0.05) is 19.3 Å². The van der Waals surface area contributed by atoms with E-state index in [1.54, 1.807) is 6.92 Å². The molecule has 0 aromatic rings. The number of carbonyl (C=O) groups excluding carboxylic acids is 1. The van der Waals surface area contributed by atoms with Gasteiger partial charge in [0.2, 0.25) is 0 Å². The minimum absolute atomic E-state index is 0.0805. The molecule has 1 fully saturated rings. The molecular formula is C13H26NO6P. The van der Waals surface area contributed by atoms with Gasteiger partial charge in [0.25, 0.3) is 0 Å². The van der Waals surface area contributed by atoms with E-state index >= 15 is 0 Å². The van der Waals surface area contributed by atoms with Gasteiger partial charge in [0.15, 0.2) is 0 Å². The van der Waals surface area contributed by atoms with Gasteiger partial charge in [-0.2, -0.15) is 0 Å². The van der Waals surface area contributed by atoms with Crippen LogP contribution in [0.25, 0.3) is 0 Å². The second-order valence-corrected chi connectivity index (χ2v) is 7.20. The minimum Gasteiger partial charge on any atom is -0.466 e. The normalized spacial score (nSPS) is 19.4. The van der Waals surface area contributed by atoms with Crippen LogP contribution in [0.15, 0.2) is 0 Å². The molecule has 1 heterocycles. The lowest BCUT2D eigenvalue weighted by Gasteiger charge is -2.34. The monoisotopic (exact) mass is 323 g/mol. The Hall–Kier alpha value is -0.460. The summed E-state index contributed by atoms with van der Waals surface area (Å²) >= 11 is 0. The van der Waals surface area contributed by atoms with Crippen LogP contribution in [0, 0.1) is 5.92 Å². The maximum absolute atomic E-state index is 11.6. The zero-order valence-corrected chi connectivity index (χ0v) is 13.4. The van der Waals surface area contributed by atoms with Crippen LogP contribution in [-0.4, -0.2) is 57.8 Å². The van der Waals surface area contributed by atoms with Crippen molar-refractivity contribution in [2.75, 3.05) is 25.9 Å². The molecular weight excluding hydrogens is 297 g/mol. The van der Waals surface area contributed by atoms with E-state index in [-0.39, 0.29) is 18.0 Å². The number of hydrogen-bond donors (Lipinski definition) is 3. The summed E-state index contributed by atoms with van der Waals surface area (Å²) in [7, 11) is -3.93. The number of esters is 1. The zero-order chi connectivity index (χ0) is 15.9. The van der Waals surface area contributed by atoms with Crippen molar-refractivity contribution < 1.29 is 29.0 Å². The third-order valence-corrected chi connectivity index (χ3v) is 4.63. The van der Waals surface area contributed by atoms with E-state index in [2.05, 4.69) is 0 Å². The highest BCUT2D eigenvalue weighted by molar-refractivity contribution is 7.51. The Kier molecular flexibility index (Phi) is 7.84. The van der Waals surface area contributed by atoms with Crippen LogP contribution in [0.5, 0.6) is 0 Å². The van der Waals surface area contributed by atoms with Gasteiger partial charge >= 0.3 is 13.6 Å². The summed E-state index contributed by atoms with van der Waals surface area (Å²) in [6.07, 6.45) is 2.08. The molecule has 1 aliphatic rings. The van der Waals surface area contributed by atoms with Crippen LogP contribution >= 0.6 is 7.60 Å². The first kappa shape index (κ1) is 18.6. The smallest absolute Gasteiger partial charge is 0.325 e. The Bertz CT molecular complexity index is 364. The molecule has 21 heavy (non-hydrogen) atoms. The quantitative estimate of drug-likeness (QED) is 0.346. The molecule has 0 aromatic carbocycles. The summed E-state index contributed by atoms with van der Waals surface area (Å²) in [6, 6.07) is 0. The van der Waals surface area contributed by atoms with E-state index in [9.17, 15) is 14.5 Å². The van der Waals surface area contributed by atoms with Crippen LogP contribution in [-0.2, 0) is 14.1 Å². The van der Waals surface area contributed by atoms with E-state index in [0.717, 1.165) is 0 Å². The van der Waals surface area contributed by atoms with Crippen molar-refractivity contribution in [3.63, 3.8) is 0 Å². The number of rotatable bonds is 8. The lowest BCUT2D eigenvalue weighted by Crippen LogP contribution is -2.43. The maximum atomic E-state index is 11.6. The number of aliphatic hydroxyl groups is 1. The Morgan fingerprint density at radius 3 is 2.48 bits per heavy atom. The first-order chi connectivity index (χ1) is 9.83. The number of aliphatic hydroxyl groups excluding tert-OH is 1. The van der Waals surface area contributed by atoms with E-state index in [0.29, 0.717) is 51.8 Å². The van der Waals surface area contributed by atoms with Crippen molar-refractivity contribution in [2.45, 2.75) is 45.3 Å². The molecule has 0 bridgehead atoms. The van der Waals surface area contributed by atoms with Gasteiger partial charge in [-0.05, 0) is 39.0 Å². The van der Waals surface area contributed by atoms with Gasteiger partial charge in [-0.3, -0.25) is 14.3 Å². The van der Waals surface area contributed by atoms with Gasteiger partial charge in [0.05, 0.1) is 12.5 Å². The lowest BCUT2D eigenvalue weighted by molar-refractivity contribution is -0.150. The Balaban J connectivity index is 2.21. The van der Waals surface area contributed by atoms with Gasteiger partial charge in [-0.15, -0.1) is 0 Å². The van der Waals surface area contributed by atoms with Crippen molar-refractivity contribution >= 4 is 13.6 Å². The largest absolute Gasteiger partial charge is 0.466 e. The van der Waals surface area contributed by atoms with Crippen LogP contribution in [0.4, 0.5) is 0 Å². The molecule has 0 aromatic heterocycles. The molecule has 3 N–H and O–H groups in total. The minimum atomic E-state index is -3.93. The first-order valence-electron chi connectivity index (χ1n) is 7.47. The molecule has 8 heteroatoms. The molecule has 7 nitrogen and oxygen atoms in total. The van der Waals surface area contributed by atoms with Gasteiger partial charge in [0.1, 0.15) is 6.23 Å². The number of ether oxygens (including phenoxy) is 1. The Morgan fingerprint density at radius 2 is 1.95 bits per heavy atom. The van der Waals surface area contributed by atoms with Crippen molar-refractivity contribution in [2.24, 2.45) is 5.92 Å². The standard InChI is InChI=1S/C13H26NO6P/c1-2-20-13(16)11-6-8-14(9-7-11)12(15)5-3-4-10-21(17,18)19/h11-12,15H,2-10H2,1H3,(H2,17,18,19). The van der Waals surface area contributed by atoms with Gasteiger partial charge in [-0.25, -0.2) is 0 Å². The fraction of sp³-hybridized carbons (Fsp3) is 0.923. The number of hydrogen-bond acceptors (Lipinski definition) is 5. The average Bonchev–Trinajstić information content (AvgIpc) is 2.43. The number of likely N-dealkylation sites (tertiary alicyclic amines) is 1. The highest BCUT2D eigenvalue weighted by atomic mass is 31.2. The Labute approximate surface area is 125 Å². The van der Waals surface area contributed by atoms with Crippen LogP contribution in [0.1, 0.15) is 39.0 Å². The highest BCUT2D eigenvalue weighted by Crippen LogP contribution is 2.35. The molecule has 0 saturated carbocycles. The van der Waals surface area contributed by atoms with Crippen molar-refractivity contribution in [1.82, 2.24) is 4.90 Å². The summed E-state index contributed by atoms with van der Waals surface area (Å²) in [4.78, 5) is 31.0. The van der Waals surface area contributed by atoms with Gasteiger partial charge in [-0.1, -0.05) is 0 Å². The second kappa shape index (κ2) is 8.86. The molecule has 0 aliphatic carbocycles. The van der Waals surface area contributed by atoms with Crippen molar-refractivity contribution in [3.8, 4) is 0 Å². The summed E-state index contributed by atoms with van der Waals surface area (Å²) < 4.78 is 15.7. The fourth-order valence-electron chi connectivity index (χ4n) is 2.52. The van der Waals surface area contributed by atoms with E-state index < -0.39 is 13.8 Å². The molecule has 1 saturated heterocycles. The summed E-state index contributed by atoms with van der Waals surface area (Å²) in [6.45, 7) is 3.46. The fourth-order valence-corrected chi connectivity index (χ4v) is 3.16. The first-order valence-corrected chi connectivity index (χ1v) is 9.26. The molecule has 1 atom stereocenters. The maximum Gasteiger partial charge on any atom is 0.325 e. The Morgan fingerprint density at radius 1 is 1.33 bits per heavy atom. The lowest BCUT2D eigenvalue weighted by atomic mass is 9.96. The molecule has 0 radical (unpaired) electrons. The third-order valence-electron chi connectivity index (χ3n) is 3.73. The number of nitrogens with zero attached hydrogens (tertiary/aromatic N) is 1. The molecule has 124 valence electrons. The van der Waals surface area contributed by atoms with E-state index in [1.807, 2.05) is 4.90 Å². The molecule has 1 unspecified atom stereocenters. The van der Waals surface area contributed by atoms with E-state index in [1.165, 1.54) is 0 Å². The number of unbranched alkanes of at least 4 members (excludes halogenated alkanes) is 1. The van der Waals surface area contributed by atoms with E-state index in [4.69, 9.17) is 14.5 Å². The topological polar surface area (TPSA) is 107 Å². The second-order valence-electron chi connectivity index (χ2n) is 5.43. The SMILES string of the molecule is CCOC(=O)C1CCN(C(O)CCCCP(=O)(O)O)CC1. The van der Waals surface area contributed by atoms with Crippen LogP contribution in [0.3, 0.4) is 0 Å². The van der Waals surface area contributed by atoms with Crippen LogP contribution in [0.2, 0.25) is 0 Å².